The summed E-state index contributed by atoms with van der Waals surface area (Å²) >= 11 is 4.28. The van der Waals surface area contributed by atoms with Gasteiger partial charge in [0.15, 0.2) is 13.1 Å². The van der Waals surface area contributed by atoms with E-state index in [1.165, 1.54) is 113 Å². The van der Waals surface area contributed by atoms with Gasteiger partial charge in [0.25, 0.3) is 11.4 Å². The van der Waals surface area contributed by atoms with Crippen LogP contribution in [-0.2, 0) is 38.8 Å². The molecule has 0 unspecified atom stereocenters. The van der Waals surface area contributed by atoms with E-state index >= 15 is 0 Å². The molecule has 0 N–H and O–H groups in total. The monoisotopic (exact) mass is 438 g/mol. The van der Waals surface area contributed by atoms with Gasteiger partial charge in [-0.1, -0.05) is 36.4 Å². The van der Waals surface area contributed by atoms with Gasteiger partial charge < -0.3 is 0 Å². The van der Waals surface area contributed by atoms with Gasteiger partial charge in [-0.3, -0.25) is 0 Å². The number of nitrogens with zero attached hydrogens (tertiary/aromatic N) is 2. The zero-order valence-electron chi connectivity index (χ0n) is 18.2. The van der Waals surface area contributed by atoms with Crippen molar-refractivity contribution in [2.75, 3.05) is 11.5 Å². The quantitative estimate of drug-likeness (QED) is 0.431. The van der Waals surface area contributed by atoms with Crippen molar-refractivity contribution in [3.8, 4) is 11.4 Å². The third kappa shape index (κ3) is 3.43. The Labute approximate surface area is 189 Å². The van der Waals surface area contributed by atoms with Crippen LogP contribution in [0.15, 0.2) is 22.2 Å². The molecule has 0 fully saturated rings. The Kier molecular flexibility index (Phi) is 5.57. The third-order valence-electron chi connectivity index (χ3n) is 7.52. The summed E-state index contributed by atoms with van der Waals surface area (Å²) in [5.41, 5.74) is 9.77. The Morgan fingerprint density at radius 3 is 1.50 bits per heavy atom. The van der Waals surface area contributed by atoms with E-state index in [1.54, 1.807) is 32.3 Å². The molecule has 0 saturated heterocycles. The van der Waals surface area contributed by atoms with E-state index in [0.29, 0.717) is 0 Å². The van der Waals surface area contributed by atoms with Crippen molar-refractivity contribution < 1.29 is 9.13 Å². The van der Waals surface area contributed by atoms with Crippen LogP contribution in [-0.4, -0.2) is 11.5 Å². The van der Waals surface area contributed by atoms with Crippen molar-refractivity contribution in [1.82, 2.24) is 0 Å². The van der Waals surface area contributed by atoms with Crippen LogP contribution in [0.1, 0.15) is 73.6 Å². The summed E-state index contributed by atoms with van der Waals surface area (Å²) in [5.74, 6) is 2.59. The molecule has 0 aromatic carbocycles. The Bertz CT molecular complexity index is 902. The van der Waals surface area contributed by atoms with Crippen molar-refractivity contribution in [2.24, 2.45) is 0 Å². The van der Waals surface area contributed by atoms with E-state index in [9.17, 15) is 0 Å². The Balaban J connectivity index is 1.59. The second-order valence-corrected chi connectivity index (χ2v) is 11.7. The van der Waals surface area contributed by atoms with Gasteiger partial charge >= 0.3 is 0 Å². The number of rotatable bonds is 1. The van der Waals surface area contributed by atoms with Gasteiger partial charge in [-0.05, 0) is 62.5 Å². The first-order valence-electron chi connectivity index (χ1n) is 12.3. The number of hydrogen-bond acceptors (Lipinski definition) is 2. The van der Waals surface area contributed by atoms with Gasteiger partial charge in [0.1, 0.15) is 0 Å². The topological polar surface area (TPSA) is 7.76 Å². The van der Waals surface area contributed by atoms with E-state index in [-0.39, 0.29) is 0 Å². The van der Waals surface area contributed by atoms with E-state index in [1.807, 2.05) is 0 Å². The average Bonchev–Trinajstić information content (AvgIpc) is 3.18. The molecule has 0 saturated carbocycles. The third-order valence-corrected chi connectivity index (χ3v) is 9.99. The average molecular weight is 439 g/mol. The van der Waals surface area contributed by atoms with E-state index < -0.39 is 0 Å². The molecule has 4 heterocycles. The zero-order valence-corrected chi connectivity index (χ0v) is 19.8. The summed E-state index contributed by atoms with van der Waals surface area (Å²) in [7, 11) is 0. The van der Waals surface area contributed by atoms with Gasteiger partial charge in [0, 0.05) is 47.6 Å². The minimum Gasteiger partial charge on any atom is -0.181 e. The molecule has 158 valence electrons. The summed E-state index contributed by atoms with van der Waals surface area (Å²) in [6.45, 7) is 2.40. The Hall–Kier alpha value is -1.000. The molecule has 2 aliphatic heterocycles. The molecule has 4 heteroatoms. The van der Waals surface area contributed by atoms with Gasteiger partial charge in [0.05, 0.1) is 0 Å². The normalized spacial score (nSPS) is 20.9. The molecule has 4 aliphatic rings. The molecule has 0 spiro atoms. The molecule has 2 nitrogen and oxygen atoms in total. The van der Waals surface area contributed by atoms with Crippen molar-refractivity contribution in [3.05, 3.63) is 34.4 Å². The maximum Gasteiger partial charge on any atom is 0.278 e. The fourth-order valence-corrected chi connectivity index (χ4v) is 8.47. The molecular formula is C26H34N2S2+2. The maximum absolute atomic E-state index is 2.73. The van der Waals surface area contributed by atoms with Crippen molar-refractivity contribution >= 4 is 23.5 Å². The van der Waals surface area contributed by atoms with Crippen LogP contribution in [0.25, 0.3) is 11.4 Å². The second-order valence-electron chi connectivity index (χ2n) is 9.51. The van der Waals surface area contributed by atoms with Crippen LogP contribution in [0.5, 0.6) is 0 Å². The van der Waals surface area contributed by atoms with Gasteiger partial charge in [-0.2, -0.15) is 9.13 Å². The molecule has 0 amide bonds. The van der Waals surface area contributed by atoms with Crippen molar-refractivity contribution in [3.63, 3.8) is 0 Å². The SMILES string of the molecule is c1c2c(c3[n+](c1-c1cc4c(c5[n+]1CCCS5)CCCCC4)CCCS3)CCCCC2. The van der Waals surface area contributed by atoms with Crippen LogP contribution < -0.4 is 9.13 Å². The first kappa shape index (κ1) is 19.7. The second kappa shape index (κ2) is 8.50. The fourth-order valence-electron chi connectivity index (χ4n) is 6.03. The number of aryl methyl sites for hydroxylation is 2. The van der Waals surface area contributed by atoms with Gasteiger partial charge in [0.2, 0.25) is 10.1 Å². The first-order chi connectivity index (χ1) is 14.9. The first-order valence-corrected chi connectivity index (χ1v) is 14.3. The number of hydrogen-bond donors (Lipinski definition) is 0. The minimum absolute atomic E-state index is 1.20. The molecule has 30 heavy (non-hydrogen) atoms. The lowest BCUT2D eigenvalue weighted by Gasteiger charge is -2.21. The number of thioether (sulfide) groups is 2. The highest BCUT2D eigenvalue weighted by molar-refractivity contribution is 7.99. The summed E-state index contributed by atoms with van der Waals surface area (Å²) in [6.07, 6.45) is 16.0. The summed E-state index contributed by atoms with van der Waals surface area (Å²) < 4.78 is 5.45. The predicted molar refractivity (Wildman–Crippen MR) is 125 cm³/mol. The van der Waals surface area contributed by atoms with Crippen LogP contribution in [0.4, 0.5) is 0 Å². The molecule has 2 aliphatic carbocycles. The minimum atomic E-state index is 1.20. The predicted octanol–water partition coefficient (Wildman–Crippen LogP) is 5.46. The van der Waals surface area contributed by atoms with E-state index in [2.05, 4.69) is 44.8 Å². The number of pyridine rings is 2. The highest BCUT2D eigenvalue weighted by atomic mass is 32.2. The van der Waals surface area contributed by atoms with Crippen LogP contribution in [0, 0.1) is 0 Å². The lowest BCUT2D eigenvalue weighted by Crippen LogP contribution is -2.49. The Morgan fingerprint density at radius 1 is 0.533 bits per heavy atom. The van der Waals surface area contributed by atoms with Crippen molar-refractivity contribution in [2.45, 2.75) is 100 Å². The molecule has 0 radical (unpaired) electrons. The lowest BCUT2D eigenvalue weighted by atomic mass is 9.99. The van der Waals surface area contributed by atoms with Crippen LogP contribution >= 0.6 is 23.5 Å². The lowest BCUT2D eigenvalue weighted by molar-refractivity contribution is -0.752. The van der Waals surface area contributed by atoms with E-state index in [4.69, 9.17) is 0 Å². The molecule has 0 atom stereocenters. The van der Waals surface area contributed by atoms with Gasteiger partial charge in [-0.15, -0.1) is 0 Å². The van der Waals surface area contributed by atoms with Crippen LogP contribution in [0.2, 0.25) is 0 Å². The highest BCUT2D eigenvalue weighted by Crippen LogP contribution is 2.36. The van der Waals surface area contributed by atoms with Crippen LogP contribution in [0.3, 0.4) is 0 Å². The maximum atomic E-state index is 2.73. The number of aromatic nitrogens is 2. The van der Waals surface area contributed by atoms with E-state index in [0.717, 1.165) is 0 Å². The largest absolute Gasteiger partial charge is 0.278 e. The Morgan fingerprint density at radius 2 is 1.00 bits per heavy atom. The zero-order chi connectivity index (χ0) is 19.9. The van der Waals surface area contributed by atoms with Gasteiger partial charge in [-0.25, -0.2) is 0 Å². The molecular weight excluding hydrogens is 404 g/mol. The smallest absolute Gasteiger partial charge is 0.181 e. The molecule has 2 aromatic rings. The summed E-state index contributed by atoms with van der Waals surface area (Å²) in [5, 5.41) is 3.23. The molecule has 0 bridgehead atoms. The molecule has 6 rings (SSSR count). The standard InChI is InChI=1S/C26H34N2S2/c1-3-9-19-17-23(27-13-7-15-29-25(27)21(19)11-5-1)24-18-20-10-4-2-6-12-22(20)26-28(24)14-8-16-30-26/h17-18H,1-16H2/q+2. The van der Waals surface area contributed by atoms with Crippen molar-refractivity contribution in [1.29, 1.82) is 0 Å². The fraction of sp³-hybridized carbons (Fsp3) is 0.615. The number of fused-ring (bicyclic) bond motifs is 6. The summed E-state index contributed by atoms with van der Waals surface area (Å²) in [4.78, 5) is 0. The molecule has 2 aromatic heterocycles. The highest BCUT2D eigenvalue weighted by Gasteiger charge is 2.37. The summed E-state index contributed by atoms with van der Waals surface area (Å²) in [6, 6.07) is 5.25.